The Bertz CT molecular complexity index is 1110. The van der Waals surface area contributed by atoms with E-state index in [1.165, 1.54) is 16.9 Å². The average molecular weight is 390 g/mol. The predicted octanol–water partition coefficient (Wildman–Crippen LogP) is 5.20. The fourth-order valence-corrected chi connectivity index (χ4v) is 4.28. The number of fused-ring (bicyclic) bond motifs is 1. The lowest BCUT2D eigenvalue weighted by atomic mass is 10.0. The van der Waals surface area contributed by atoms with Gasteiger partial charge in [-0.25, -0.2) is 4.98 Å². The Balaban J connectivity index is 1.38. The van der Waals surface area contributed by atoms with Crippen LogP contribution in [0.2, 0.25) is 0 Å². The minimum absolute atomic E-state index is 0.00205. The molecule has 0 radical (unpaired) electrons. The van der Waals surface area contributed by atoms with Crippen LogP contribution in [0.15, 0.2) is 60.0 Å². The number of carbonyl (C=O) groups is 1. The van der Waals surface area contributed by atoms with Crippen LogP contribution < -0.4 is 5.32 Å². The van der Waals surface area contributed by atoms with Gasteiger partial charge in [0.05, 0.1) is 15.9 Å². The Labute approximate surface area is 168 Å². The van der Waals surface area contributed by atoms with E-state index in [4.69, 9.17) is 0 Å². The van der Waals surface area contributed by atoms with Crippen LogP contribution in [0.3, 0.4) is 0 Å². The van der Waals surface area contributed by atoms with Gasteiger partial charge < -0.3 is 9.88 Å². The Morgan fingerprint density at radius 3 is 2.68 bits per heavy atom. The van der Waals surface area contributed by atoms with Crippen LogP contribution in [-0.2, 0) is 6.54 Å². The molecule has 2 aromatic heterocycles. The van der Waals surface area contributed by atoms with Crippen molar-refractivity contribution in [3.05, 3.63) is 76.2 Å². The van der Waals surface area contributed by atoms with E-state index in [0.29, 0.717) is 6.54 Å². The molecule has 4 nitrogen and oxygen atoms in total. The monoisotopic (exact) mass is 389 g/mol. The van der Waals surface area contributed by atoms with Crippen LogP contribution in [0.25, 0.3) is 22.2 Å². The zero-order valence-electron chi connectivity index (χ0n) is 16.1. The number of hydrogen-bond acceptors (Lipinski definition) is 3. The number of benzene rings is 2. The van der Waals surface area contributed by atoms with Crippen molar-refractivity contribution in [2.45, 2.75) is 26.8 Å². The van der Waals surface area contributed by atoms with Crippen LogP contribution in [0.5, 0.6) is 0 Å². The largest absolute Gasteiger partial charge is 0.351 e. The molecule has 2 heterocycles. The molecule has 0 bridgehead atoms. The first-order valence-corrected chi connectivity index (χ1v) is 10.4. The van der Waals surface area contributed by atoms with Gasteiger partial charge in [-0.2, -0.15) is 0 Å². The maximum absolute atomic E-state index is 12.7. The van der Waals surface area contributed by atoms with Crippen LogP contribution in [0.4, 0.5) is 0 Å². The minimum atomic E-state index is -0.00205. The summed E-state index contributed by atoms with van der Waals surface area (Å²) in [6, 6.07) is 18.5. The van der Waals surface area contributed by atoms with Crippen molar-refractivity contribution in [3.8, 4) is 11.1 Å². The molecule has 0 aliphatic rings. The van der Waals surface area contributed by atoms with Crippen molar-refractivity contribution in [1.29, 1.82) is 0 Å². The third kappa shape index (κ3) is 3.71. The quantitative estimate of drug-likeness (QED) is 0.461. The van der Waals surface area contributed by atoms with Gasteiger partial charge in [0.2, 0.25) is 0 Å². The van der Waals surface area contributed by atoms with Gasteiger partial charge in [-0.15, -0.1) is 11.3 Å². The molecule has 0 aliphatic carbocycles. The predicted molar refractivity (Wildman–Crippen MR) is 116 cm³/mol. The van der Waals surface area contributed by atoms with Crippen molar-refractivity contribution in [3.63, 3.8) is 0 Å². The molecule has 0 unspecified atom stereocenters. The minimum Gasteiger partial charge on any atom is -0.351 e. The van der Waals surface area contributed by atoms with Gasteiger partial charge in [0.15, 0.2) is 0 Å². The normalized spacial score (nSPS) is 11.1. The Morgan fingerprint density at radius 2 is 1.86 bits per heavy atom. The SMILES string of the molecule is Cc1ccc(-c2ccsc2C(=O)NCCCn2c(C)nc3ccccc32)cc1. The van der Waals surface area contributed by atoms with E-state index < -0.39 is 0 Å². The smallest absolute Gasteiger partial charge is 0.261 e. The summed E-state index contributed by atoms with van der Waals surface area (Å²) < 4.78 is 2.21. The number of nitrogens with zero attached hydrogens (tertiary/aromatic N) is 2. The summed E-state index contributed by atoms with van der Waals surface area (Å²) in [4.78, 5) is 18.1. The average Bonchev–Trinajstić information content (AvgIpc) is 3.30. The molecule has 0 saturated heterocycles. The first-order valence-electron chi connectivity index (χ1n) is 9.48. The summed E-state index contributed by atoms with van der Waals surface area (Å²) in [6.45, 7) is 5.56. The fourth-order valence-electron chi connectivity index (χ4n) is 3.44. The molecule has 142 valence electrons. The van der Waals surface area contributed by atoms with Crippen molar-refractivity contribution in [2.24, 2.45) is 0 Å². The number of rotatable bonds is 6. The van der Waals surface area contributed by atoms with Gasteiger partial charge in [0, 0.05) is 18.7 Å². The van der Waals surface area contributed by atoms with Gasteiger partial charge in [-0.1, -0.05) is 42.0 Å². The molecular formula is C23H23N3OS. The zero-order valence-corrected chi connectivity index (χ0v) is 16.9. The number of amides is 1. The Kier molecular flexibility index (Phi) is 5.26. The number of thiophene rings is 1. The van der Waals surface area contributed by atoms with E-state index >= 15 is 0 Å². The summed E-state index contributed by atoms with van der Waals surface area (Å²) in [7, 11) is 0. The summed E-state index contributed by atoms with van der Waals surface area (Å²) in [5.74, 6) is 1.00. The summed E-state index contributed by atoms with van der Waals surface area (Å²) in [5, 5.41) is 5.05. The molecule has 4 rings (SSSR count). The van der Waals surface area contributed by atoms with Gasteiger partial charge in [0.25, 0.3) is 5.91 Å². The maximum Gasteiger partial charge on any atom is 0.261 e. The van der Waals surface area contributed by atoms with E-state index in [1.54, 1.807) is 0 Å². The highest BCUT2D eigenvalue weighted by Gasteiger charge is 2.14. The molecule has 1 amide bonds. The second-order valence-electron chi connectivity index (χ2n) is 6.94. The second kappa shape index (κ2) is 7.98. The standard InChI is InChI=1S/C23H23N3OS/c1-16-8-10-18(11-9-16)19-12-15-28-22(19)23(27)24-13-5-14-26-17(2)25-20-6-3-4-7-21(20)26/h3-4,6-12,15H,5,13-14H2,1-2H3,(H,24,27). The highest BCUT2D eigenvalue weighted by atomic mass is 32.1. The van der Waals surface area contributed by atoms with E-state index in [1.807, 2.05) is 36.6 Å². The molecule has 0 fully saturated rings. The maximum atomic E-state index is 12.7. The van der Waals surface area contributed by atoms with E-state index in [0.717, 1.165) is 45.8 Å². The number of aromatic nitrogens is 2. The highest BCUT2D eigenvalue weighted by Crippen LogP contribution is 2.28. The van der Waals surface area contributed by atoms with Crippen molar-refractivity contribution >= 4 is 28.3 Å². The lowest BCUT2D eigenvalue weighted by molar-refractivity contribution is 0.0957. The third-order valence-corrected chi connectivity index (χ3v) is 5.84. The number of aryl methyl sites for hydroxylation is 3. The molecule has 28 heavy (non-hydrogen) atoms. The number of imidazole rings is 1. The van der Waals surface area contributed by atoms with E-state index in [-0.39, 0.29) is 5.91 Å². The van der Waals surface area contributed by atoms with Crippen LogP contribution in [0.1, 0.15) is 27.5 Å². The van der Waals surface area contributed by atoms with Crippen molar-refractivity contribution < 1.29 is 4.79 Å². The molecule has 0 saturated carbocycles. The topological polar surface area (TPSA) is 46.9 Å². The highest BCUT2D eigenvalue weighted by molar-refractivity contribution is 7.12. The molecule has 0 spiro atoms. The van der Waals surface area contributed by atoms with Crippen LogP contribution >= 0.6 is 11.3 Å². The molecule has 0 atom stereocenters. The Hall–Kier alpha value is -2.92. The summed E-state index contributed by atoms with van der Waals surface area (Å²) in [6.07, 6.45) is 0.859. The molecule has 0 aliphatic heterocycles. The third-order valence-electron chi connectivity index (χ3n) is 4.92. The second-order valence-corrected chi connectivity index (χ2v) is 7.85. The van der Waals surface area contributed by atoms with Crippen LogP contribution in [-0.4, -0.2) is 22.0 Å². The number of carbonyl (C=O) groups excluding carboxylic acids is 1. The van der Waals surface area contributed by atoms with Gasteiger partial charge in [0.1, 0.15) is 5.82 Å². The van der Waals surface area contributed by atoms with E-state index in [9.17, 15) is 4.79 Å². The first-order chi connectivity index (χ1) is 13.6. The number of para-hydroxylation sites is 2. The first kappa shape index (κ1) is 18.4. The fraction of sp³-hybridized carbons (Fsp3) is 0.217. The molecule has 1 N–H and O–H groups in total. The molecule has 2 aromatic carbocycles. The molecule has 4 aromatic rings. The van der Waals surface area contributed by atoms with Gasteiger partial charge in [-0.3, -0.25) is 4.79 Å². The molecular weight excluding hydrogens is 366 g/mol. The van der Waals surface area contributed by atoms with Crippen molar-refractivity contribution in [2.75, 3.05) is 6.54 Å². The summed E-state index contributed by atoms with van der Waals surface area (Å²) >= 11 is 1.49. The van der Waals surface area contributed by atoms with Crippen LogP contribution in [0, 0.1) is 13.8 Å². The van der Waals surface area contributed by atoms with Crippen molar-refractivity contribution in [1.82, 2.24) is 14.9 Å². The van der Waals surface area contributed by atoms with E-state index in [2.05, 4.69) is 52.1 Å². The lowest BCUT2D eigenvalue weighted by Crippen LogP contribution is -2.25. The lowest BCUT2D eigenvalue weighted by Gasteiger charge is -2.09. The molecule has 5 heteroatoms. The number of hydrogen-bond donors (Lipinski definition) is 1. The zero-order chi connectivity index (χ0) is 19.5. The van der Waals surface area contributed by atoms with Gasteiger partial charge in [-0.05, 0) is 49.4 Å². The summed E-state index contributed by atoms with van der Waals surface area (Å²) in [5.41, 5.74) is 5.46. The number of nitrogens with one attached hydrogen (secondary N) is 1. The Morgan fingerprint density at radius 1 is 1.07 bits per heavy atom. The van der Waals surface area contributed by atoms with Gasteiger partial charge >= 0.3 is 0 Å².